The third kappa shape index (κ3) is 32.6. The van der Waals surface area contributed by atoms with Crippen LogP contribution in [0.1, 0.15) is 110 Å². The molecule has 0 unspecified atom stereocenters. The lowest BCUT2D eigenvalue weighted by Crippen LogP contribution is -3.00. The highest BCUT2D eigenvalue weighted by Gasteiger charge is 2.04. The maximum absolute atomic E-state index is 2.30. The molecule has 158 valence electrons. The first-order valence-electron chi connectivity index (χ1n) is 10.4. The average molecular weight is 402 g/mol. The van der Waals surface area contributed by atoms with E-state index < -0.39 is 0 Å². The predicted octanol–water partition coefficient (Wildman–Crippen LogP) is 4.54. The molecule has 25 heavy (non-hydrogen) atoms. The summed E-state index contributed by atoms with van der Waals surface area (Å²) in [5, 5.41) is 0. The fourth-order valence-corrected chi connectivity index (χ4v) is 3.13. The zero-order valence-electron chi connectivity index (χ0n) is 18.0. The van der Waals surface area contributed by atoms with E-state index in [0.717, 1.165) is 4.48 Å². The van der Waals surface area contributed by atoms with E-state index in [2.05, 4.69) is 28.1 Å². The van der Waals surface area contributed by atoms with Gasteiger partial charge in [0.15, 0.2) is 0 Å². The van der Waals surface area contributed by atoms with Crippen molar-refractivity contribution in [3.05, 3.63) is 0 Å². The molecule has 0 aliphatic carbocycles. The maximum atomic E-state index is 2.30. The van der Waals surface area contributed by atoms with Gasteiger partial charge in [0.2, 0.25) is 0 Å². The number of nitrogens with zero attached hydrogens (tertiary/aromatic N) is 1. The zero-order chi connectivity index (χ0) is 16.5. The SMILES string of the molecule is CCCCCCCCCCCCCCCCCC[N+](C)(C)C.Cl.N.[Cl-]. The van der Waals surface area contributed by atoms with Crippen LogP contribution in [-0.4, -0.2) is 32.2 Å². The topological polar surface area (TPSA) is 35.0 Å². The molecule has 0 spiro atoms. The first-order chi connectivity index (χ1) is 10.6. The fourth-order valence-electron chi connectivity index (χ4n) is 3.13. The van der Waals surface area contributed by atoms with Crippen molar-refractivity contribution < 1.29 is 16.9 Å². The van der Waals surface area contributed by atoms with Crippen molar-refractivity contribution in [2.45, 2.75) is 110 Å². The summed E-state index contributed by atoms with van der Waals surface area (Å²) in [5.41, 5.74) is 0. The summed E-state index contributed by atoms with van der Waals surface area (Å²) in [6.45, 7) is 3.63. The Bertz CT molecular complexity index is 218. The summed E-state index contributed by atoms with van der Waals surface area (Å²) < 4.78 is 1.12. The maximum Gasteiger partial charge on any atom is 0.0780 e. The number of quaternary nitrogens is 1. The molecule has 0 rings (SSSR count). The quantitative estimate of drug-likeness (QED) is 0.282. The minimum Gasteiger partial charge on any atom is -1.00 e. The summed E-state index contributed by atoms with van der Waals surface area (Å²) >= 11 is 0. The number of halogens is 2. The molecule has 0 heterocycles. The van der Waals surface area contributed by atoms with Crippen molar-refractivity contribution in [2.24, 2.45) is 0 Å². The van der Waals surface area contributed by atoms with E-state index >= 15 is 0 Å². The molecule has 4 heteroatoms. The van der Waals surface area contributed by atoms with Crippen molar-refractivity contribution in [2.75, 3.05) is 27.7 Å². The minimum absolute atomic E-state index is 0. The summed E-state index contributed by atoms with van der Waals surface area (Å²) in [7, 11) is 6.89. The molecular formula is C21H50Cl2N2. The van der Waals surface area contributed by atoms with E-state index in [4.69, 9.17) is 0 Å². The molecule has 0 atom stereocenters. The van der Waals surface area contributed by atoms with Gasteiger partial charge >= 0.3 is 0 Å². The molecule has 0 radical (unpaired) electrons. The normalized spacial score (nSPS) is 10.6. The number of unbranched alkanes of at least 4 members (excludes halogenated alkanes) is 15. The van der Waals surface area contributed by atoms with E-state index in [-0.39, 0.29) is 31.0 Å². The minimum atomic E-state index is 0. The Morgan fingerprint density at radius 3 is 0.960 bits per heavy atom. The monoisotopic (exact) mass is 400 g/mol. The van der Waals surface area contributed by atoms with E-state index in [0.29, 0.717) is 0 Å². The molecule has 3 N–H and O–H groups in total. The Morgan fingerprint density at radius 1 is 0.480 bits per heavy atom. The van der Waals surface area contributed by atoms with Crippen molar-refractivity contribution in [3.8, 4) is 0 Å². The van der Waals surface area contributed by atoms with Crippen LogP contribution in [0.15, 0.2) is 0 Å². The molecule has 0 aromatic rings. The van der Waals surface area contributed by atoms with Crippen LogP contribution < -0.4 is 18.6 Å². The molecule has 0 amide bonds. The lowest BCUT2D eigenvalue weighted by atomic mass is 10.0. The second kappa shape index (κ2) is 24.5. The Kier molecular flexibility index (Phi) is 32.5. The highest BCUT2D eigenvalue weighted by molar-refractivity contribution is 5.85. The van der Waals surface area contributed by atoms with Crippen LogP contribution in [0, 0.1) is 0 Å². The third-order valence-corrected chi connectivity index (χ3v) is 4.68. The third-order valence-electron chi connectivity index (χ3n) is 4.68. The Hall–Kier alpha value is 0.500. The van der Waals surface area contributed by atoms with Crippen LogP contribution in [0.25, 0.3) is 0 Å². The van der Waals surface area contributed by atoms with Gasteiger partial charge in [0.05, 0.1) is 27.7 Å². The number of hydrogen-bond donors (Lipinski definition) is 1. The van der Waals surface area contributed by atoms with Crippen LogP contribution >= 0.6 is 12.4 Å². The van der Waals surface area contributed by atoms with Gasteiger partial charge in [0.25, 0.3) is 0 Å². The van der Waals surface area contributed by atoms with Crippen LogP contribution in [0.3, 0.4) is 0 Å². The number of hydrogen-bond acceptors (Lipinski definition) is 1. The van der Waals surface area contributed by atoms with Crippen molar-refractivity contribution in [3.63, 3.8) is 0 Å². The van der Waals surface area contributed by atoms with Gasteiger partial charge in [0.1, 0.15) is 0 Å². The lowest BCUT2D eigenvalue weighted by molar-refractivity contribution is -0.870. The summed E-state index contributed by atoms with van der Waals surface area (Å²) in [6.07, 6.45) is 23.4. The highest BCUT2D eigenvalue weighted by atomic mass is 35.5. The second-order valence-electron chi connectivity index (χ2n) is 8.32. The van der Waals surface area contributed by atoms with E-state index in [1.54, 1.807) is 0 Å². The molecule has 2 nitrogen and oxygen atoms in total. The van der Waals surface area contributed by atoms with Gasteiger partial charge in [-0.15, -0.1) is 12.4 Å². The van der Waals surface area contributed by atoms with Gasteiger partial charge in [-0.3, -0.25) is 0 Å². The molecule has 0 fully saturated rings. The highest BCUT2D eigenvalue weighted by Crippen LogP contribution is 2.13. The van der Waals surface area contributed by atoms with E-state index in [9.17, 15) is 0 Å². The smallest absolute Gasteiger partial charge is 0.0780 e. The largest absolute Gasteiger partial charge is 1.00 e. The molecule has 0 aliphatic heterocycles. The summed E-state index contributed by atoms with van der Waals surface area (Å²) in [6, 6.07) is 0. The van der Waals surface area contributed by atoms with Crippen molar-refractivity contribution >= 4 is 12.4 Å². The molecule has 0 saturated heterocycles. The van der Waals surface area contributed by atoms with Gasteiger partial charge in [-0.1, -0.05) is 96.8 Å². The van der Waals surface area contributed by atoms with Crippen LogP contribution in [-0.2, 0) is 0 Å². The van der Waals surface area contributed by atoms with E-state index in [1.807, 2.05) is 0 Å². The van der Waals surface area contributed by atoms with Gasteiger partial charge in [-0.2, -0.15) is 0 Å². The van der Waals surface area contributed by atoms with Crippen LogP contribution in [0.5, 0.6) is 0 Å². The van der Waals surface area contributed by atoms with Gasteiger partial charge < -0.3 is 23.0 Å². The molecule has 0 aliphatic rings. The molecule has 0 aromatic heterocycles. The Morgan fingerprint density at radius 2 is 0.720 bits per heavy atom. The van der Waals surface area contributed by atoms with Gasteiger partial charge in [-0.05, 0) is 12.8 Å². The van der Waals surface area contributed by atoms with Crippen molar-refractivity contribution in [1.29, 1.82) is 0 Å². The van der Waals surface area contributed by atoms with Gasteiger partial charge in [-0.25, -0.2) is 0 Å². The standard InChI is InChI=1S/C21H46N.2ClH.H3N/c1-5-6-7-8-9-10-11-12-13-14-15-16-17-18-19-20-21-22(2,3)4;;;/h5-21H2,1-4H3;2*1H;1H3/q+1;;;/p-1. The first-order valence-corrected chi connectivity index (χ1v) is 10.4. The fraction of sp³-hybridized carbons (Fsp3) is 1.00. The Balaban J connectivity index is -0.000000735. The van der Waals surface area contributed by atoms with E-state index in [1.165, 1.54) is 109 Å². The van der Waals surface area contributed by atoms with Crippen molar-refractivity contribution in [1.82, 2.24) is 6.15 Å². The molecule has 0 saturated carbocycles. The number of rotatable bonds is 17. The molecular weight excluding hydrogens is 351 g/mol. The predicted molar refractivity (Wildman–Crippen MR) is 115 cm³/mol. The second-order valence-corrected chi connectivity index (χ2v) is 8.32. The first kappa shape index (κ1) is 33.1. The zero-order valence-corrected chi connectivity index (χ0v) is 19.5. The van der Waals surface area contributed by atoms with Crippen LogP contribution in [0.4, 0.5) is 0 Å². The molecule has 0 bridgehead atoms. The van der Waals surface area contributed by atoms with Gasteiger partial charge in [0, 0.05) is 0 Å². The summed E-state index contributed by atoms with van der Waals surface area (Å²) in [5.74, 6) is 0. The molecule has 0 aromatic carbocycles. The summed E-state index contributed by atoms with van der Waals surface area (Å²) in [4.78, 5) is 0. The average Bonchev–Trinajstić information content (AvgIpc) is 2.45. The Labute approximate surface area is 172 Å². The lowest BCUT2D eigenvalue weighted by Gasteiger charge is -2.23. The van der Waals surface area contributed by atoms with Crippen LogP contribution in [0.2, 0.25) is 0 Å².